The van der Waals surface area contributed by atoms with E-state index in [4.69, 9.17) is 14.2 Å². The zero-order chi connectivity index (χ0) is 40.1. The maximum atomic E-state index is 11.8. The maximum Gasteiger partial charge on any atom is 0.320 e. The van der Waals surface area contributed by atoms with E-state index in [-0.39, 0.29) is 61.6 Å². The van der Waals surface area contributed by atoms with E-state index >= 15 is 0 Å². The van der Waals surface area contributed by atoms with Gasteiger partial charge in [0, 0.05) is 33.9 Å². The number of thioether (sulfide) groups is 3. The molecule has 0 N–H and O–H groups in total. The zero-order valence-corrected chi connectivity index (χ0v) is 36.7. The number of hydrogen-bond acceptors (Lipinski definition) is 9. The van der Waals surface area contributed by atoms with Crippen LogP contribution in [-0.4, -0.2) is 52.0 Å². The molecule has 0 radical (unpaired) electrons. The quantitative estimate of drug-likeness (QED) is 0.179. The van der Waals surface area contributed by atoms with Crippen LogP contribution in [0.15, 0.2) is 87.5 Å². The SMILES string of the molecule is CC(C)(C)c1ccc(SC2CCOC2=O)cc1.CC1(C)CC(Sc2ccc(C(C)(C)C)cc2)C(=O)O1.CC1CC(Sc2ccc(C(C)(C)C)cc2)C(=O)O1. The van der Waals surface area contributed by atoms with Gasteiger partial charge in [-0.05, 0) is 90.1 Å². The number of hydrogen-bond donors (Lipinski definition) is 0. The lowest BCUT2D eigenvalue weighted by molar-refractivity contribution is -0.145. The van der Waals surface area contributed by atoms with Crippen molar-refractivity contribution < 1.29 is 28.6 Å². The molecular formula is C45H60O6S3. The predicted molar refractivity (Wildman–Crippen MR) is 225 cm³/mol. The third-order valence-corrected chi connectivity index (χ3v) is 13.0. The highest BCUT2D eigenvalue weighted by Gasteiger charge is 2.40. The van der Waals surface area contributed by atoms with Crippen LogP contribution in [0.4, 0.5) is 0 Å². The van der Waals surface area contributed by atoms with E-state index in [0.29, 0.717) is 6.61 Å². The van der Waals surface area contributed by atoms with Crippen molar-refractivity contribution in [3.63, 3.8) is 0 Å². The van der Waals surface area contributed by atoms with Gasteiger partial charge < -0.3 is 14.2 Å². The number of esters is 3. The van der Waals surface area contributed by atoms with E-state index in [1.165, 1.54) is 16.7 Å². The summed E-state index contributed by atoms with van der Waals surface area (Å²) in [5.74, 6) is -0.239. The standard InChI is InChI=1S/C16H22O2S.C15H20O2S.C14H18O2S/c1-15(2,3)11-6-8-12(9-7-11)19-13-10-16(4,5)18-14(13)17;1-10-9-13(14(16)17-10)18-12-7-5-11(6-8-12)15(2,3)4;1-14(2,3)10-4-6-11(7-5-10)17-12-8-9-16-13(12)15/h6-9,13H,10H2,1-5H3;5-8,10,13H,9H2,1-4H3;4-7,12H,8-9H2,1-3H3. The third kappa shape index (κ3) is 13.1. The Bertz CT molecular complexity index is 1710. The van der Waals surface area contributed by atoms with Gasteiger partial charge in [0.15, 0.2) is 0 Å². The second-order valence-electron chi connectivity index (χ2n) is 18.0. The highest BCUT2D eigenvalue weighted by Crippen LogP contribution is 2.38. The molecule has 3 heterocycles. The molecule has 3 aromatic carbocycles. The van der Waals surface area contributed by atoms with Gasteiger partial charge in [-0.2, -0.15) is 0 Å². The van der Waals surface area contributed by atoms with Crippen molar-refractivity contribution in [3.8, 4) is 0 Å². The summed E-state index contributed by atoms with van der Waals surface area (Å²) in [4.78, 5) is 38.1. The van der Waals surface area contributed by atoms with Crippen LogP contribution >= 0.6 is 35.3 Å². The Labute approximate surface area is 337 Å². The highest BCUT2D eigenvalue weighted by atomic mass is 32.2. The Balaban J connectivity index is 0.000000181. The van der Waals surface area contributed by atoms with Gasteiger partial charge in [-0.3, -0.25) is 14.4 Å². The molecular weight excluding hydrogens is 733 g/mol. The molecule has 0 saturated carbocycles. The zero-order valence-electron chi connectivity index (χ0n) is 34.2. The molecule has 3 aliphatic rings. The van der Waals surface area contributed by atoms with Crippen molar-refractivity contribution >= 4 is 53.2 Å². The number of carbonyl (C=O) groups excluding carboxylic acids is 3. The van der Waals surface area contributed by atoms with Gasteiger partial charge >= 0.3 is 17.9 Å². The Morgan fingerprint density at radius 2 is 0.944 bits per heavy atom. The van der Waals surface area contributed by atoms with Crippen molar-refractivity contribution in [2.24, 2.45) is 0 Å². The predicted octanol–water partition coefficient (Wildman–Crippen LogP) is 11.3. The van der Waals surface area contributed by atoms with E-state index in [1.54, 1.807) is 35.3 Å². The number of rotatable bonds is 6. The second-order valence-corrected chi connectivity index (χ2v) is 21.8. The normalized spacial score (nSPS) is 22.3. The molecule has 54 heavy (non-hydrogen) atoms. The Kier molecular flexibility index (Phi) is 14.6. The molecule has 0 aliphatic carbocycles. The van der Waals surface area contributed by atoms with Gasteiger partial charge in [-0.15, -0.1) is 35.3 Å². The number of cyclic esters (lactones) is 3. The molecule has 3 aliphatic heterocycles. The molecule has 0 bridgehead atoms. The topological polar surface area (TPSA) is 78.9 Å². The summed E-state index contributed by atoms with van der Waals surface area (Å²) in [6.07, 6.45) is 2.47. The molecule has 6 rings (SSSR count). The van der Waals surface area contributed by atoms with Gasteiger partial charge in [0.25, 0.3) is 0 Å². The van der Waals surface area contributed by atoms with Crippen LogP contribution in [-0.2, 0) is 44.8 Å². The molecule has 294 valence electrons. The van der Waals surface area contributed by atoms with Gasteiger partial charge in [-0.1, -0.05) is 98.7 Å². The summed E-state index contributed by atoms with van der Waals surface area (Å²) in [5.41, 5.74) is 4.13. The first kappa shape index (κ1) is 43.8. The van der Waals surface area contributed by atoms with Gasteiger partial charge in [0.05, 0.1) is 6.61 Å². The van der Waals surface area contributed by atoms with Crippen molar-refractivity contribution in [2.45, 2.75) is 161 Å². The summed E-state index contributed by atoms with van der Waals surface area (Å²) in [7, 11) is 0. The van der Waals surface area contributed by atoms with Gasteiger partial charge in [0.2, 0.25) is 0 Å². The lowest BCUT2D eigenvalue weighted by atomic mass is 9.87. The minimum atomic E-state index is -0.319. The fraction of sp³-hybridized carbons (Fsp3) is 0.533. The Hall–Kier alpha value is -2.88. The molecule has 4 unspecified atom stereocenters. The summed E-state index contributed by atoms with van der Waals surface area (Å²) in [5, 5.41) is -0.133. The fourth-order valence-electron chi connectivity index (χ4n) is 5.99. The number of ether oxygens (including phenoxy) is 3. The first-order valence-electron chi connectivity index (χ1n) is 18.9. The average Bonchev–Trinajstić information content (AvgIpc) is 3.70. The van der Waals surface area contributed by atoms with E-state index in [9.17, 15) is 14.4 Å². The third-order valence-electron chi connectivity index (χ3n) is 9.33. The Morgan fingerprint density at radius 3 is 1.24 bits per heavy atom. The van der Waals surface area contributed by atoms with Crippen LogP contribution < -0.4 is 0 Å². The van der Waals surface area contributed by atoms with Crippen molar-refractivity contribution in [3.05, 3.63) is 89.5 Å². The van der Waals surface area contributed by atoms with Crippen molar-refractivity contribution in [1.82, 2.24) is 0 Å². The smallest absolute Gasteiger partial charge is 0.320 e. The summed E-state index contributed by atoms with van der Waals surface area (Å²) in [6.45, 7) is 26.2. The van der Waals surface area contributed by atoms with Gasteiger partial charge in [0.1, 0.15) is 27.5 Å². The van der Waals surface area contributed by atoms with Crippen molar-refractivity contribution in [1.29, 1.82) is 0 Å². The molecule has 6 nitrogen and oxygen atoms in total. The van der Waals surface area contributed by atoms with Crippen LogP contribution in [0.3, 0.4) is 0 Å². The molecule has 0 amide bonds. The monoisotopic (exact) mass is 792 g/mol. The van der Waals surface area contributed by atoms with E-state index in [1.807, 2.05) is 20.8 Å². The van der Waals surface area contributed by atoms with E-state index < -0.39 is 0 Å². The summed E-state index contributed by atoms with van der Waals surface area (Å²) >= 11 is 4.82. The first-order chi connectivity index (χ1) is 25.0. The van der Waals surface area contributed by atoms with Crippen LogP contribution in [0.1, 0.15) is 119 Å². The molecule has 0 spiro atoms. The lowest BCUT2D eigenvalue weighted by Crippen LogP contribution is -2.17. The van der Waals surface area contributed by atoms with Gasteiger partial charge in [-0.25, -0.2) is 0 Å². The minimum Gasteiger partial charge on any atom is -0.465 e. The molecule has 9 heteroatoms. The molecule has 3 saturated heterocycles. The lowest BCUT2D eigenvalue weighted by Gasteiger charge is -2.19. The molecule has 3 aromatic rings. The van der Waals surface area contributed by atoms with E-state index in [0.717, 1.165) is 33.9 Å². The molecule has 0 aromatic heterocycles. The van der Waals surface area contributed by atoms with Crippen LogP contribution in [0.5, 0.6) is 0 Å². The fourth-order valence-corrected chi connectivity index (χ4v) is 9.38. The largest absolute Gasteiger partial charge is 0.465 e. The molecule has 4 atom stereocenters. The highest BCUT2D eigenvalue weighted by molar-refractivity contribution is 8.01. The van der Waals surface area contributed by atoms with Crippen LogP contribution in [0.2, 0.25) is 0 Å². The maximum absolute atomic E-state index is 11.8. The average molecular weight is 793 g/mol. The number of carbonyl (C=O) groups is 3. The van der Waals surface area contributed by atoms with Crippen molar-refractivity contribution in [2.75, 3.05) is 6.61 Å². The minimum absolute atomic E-state index is 0.0181. The number of benzene rings is 3. The Morgan fingerprint density at radius 1 is 0.556 bits per heavy atom. The van der Waals surface area contributed by atoms with E-state index in [2.05, 4.69) is 135 Å². The van der Waals surface area contributed by atoms with Crippen LogP contribution in [0.25, 0.3) is 0 Å². The molecule has 3 fully saturated rings. The second kappa shape index (κ2) is 17.9. The first-order valence-corrected chi connectivity index (χ1v) is 21.6. The summed E-state index contributed by atoms with van der Waals surface area (Å²) < 4.78 is 15.5. The summed E-state index contributed by atoms with van der Waals surface area (Å²) in [6, 6.07) is 25.5. The van der Waals surface area contributed by atoms with Crippen LogP contribution in [0, 0.1) is 0 Å².